The molecule has 0 aliphatic carbocycles. The number of carbonyl (C=O) groups is 1. The molecule has 1 aliphatic rings. The maximum absolute atomic E-state index is 12.7. The molecule has 124 valence electrons. The first-order valence-electron chi connectivity index (χ1n) is 7.93. The van der Waals surface area contributed by atoms with Crippen LogP contribution in [0.3, 0.4) is 0 Å². The van der Waals surface area contributed by atoms with Crippen molar-refractivity contribution >= 4 is 17.2 Å². The van der Waals surface area contributed by atoms with Crippen LogP contribution in [-0.4, -0.2) is 41.9 Å². The third-order valence-corrected chi connectivity index (χ3v) is 5.15. The minimum Gasteiger partial charge on any atom is -0.334 e. The summed E-state index contributed by atoms with van der Waals surface area (Å²) in [7, 11) is 1.95. The van der Waals surface area contributed by atoms with E-state index >= 15 is 0 Å². The van der Waals surface area contributed by atoms with E-state index in [1.807, 2.05) is 38.0 Å². The Kier molecular flexibility index (Phi) is 3.68. The van der Waals surface area contributed by atoms with Crippen molar-refractivity contribution in [3.05, 3.63) is 40.0 Å². The predicted molar refractivity (Wildman–Crippen MR) is 90.7 cm³/mol. The van der Waals surface area contributed by atoms with E-state index in [2.05, 4.69) is 22.2 Å². The average Bonchev–Trinajstić information content (AvgIpc) is 3.33. The smallest absolute Gasteiger partial charge is 0.255 e. The first kappa shape index (κ1) is 15.1. The zero-order chi connectivity index (χ0) is 16.7. The second-order valence-electron chi connectivity index (χ2n) is 5.83. The molecule has 4 heterocycles. The fourth-order valence-corrected chi connectivity index (χ4v) is 3.81. The van der Waals surface area contributed by atoms with Crippen LogP contribution in [0.1, 0.15) is 28.5 Å². The molecule has 0 aromatic carbocycles. The molecule has 1 amide bonds. The molecule has 3 aromatic rings. The maximum Gasteiger partial charge on any atom is 0.255 e. The highest BCUT2D eigenvalue weighted by Gasteiger charge is 2.29. The summed E-state index contributed by atoms with van der Waals surface area (Å²) in [6, 6.07) is 1.88. The normalized spacial score (nSPS) is 14.0. The van der Waals surface area contributed by atoms with Gasteiger partial charge in [-0.05, 0) is 18.4 Å². The number of rotatable bonds is 3. The SMILES string of the molecule is CCn1cnnc1-c1nn(C)c2c1CN(C(=O)c1ccsc1)CC2. The molecule has 0 spiro atoms. The van der Waals surface area contributed by atoms with Gasteiger partial charge in [0.25, 0.3) is 5.91 Å². The van der Waals surface area contributed by atoms with Gasteiger partial charge in [0.2, 0.25) is 0 Å². The molecule has 3 aromatic heterocycles. The summed E-state index contributed by atoms with van der Waals surface area (Å²) >= 11 is 1.54. The van der Waals surface area contributed by atoms with Gasteiger partial charge in [-0.3, -0.25) is 9.48 Å². The number of aryl methyl sites for hydroxylation is 2. The Labute approximate surface area is 143 Å². The zero-order valence-electron chi connectivity index (χ0n) is 13.6. The molecule has 0 saturated carbocycles. The van der Waals surface area contributed by atoms with Gasteiger partial charge >= 0.3 is 0 Å². The van der Waals surface area contributed by atoms with Gasteiger partial charge in [-0.15, -0.1) is 10.2 Å². The topological polar surface area (TPSA) is 68.8 Å². The van der Waals surface area contributed by atoms with Crippen molar-refractivity contribution in [2.75, 3.05) is 6.54 Å². The van der Waals surface area contributed by atoms with Gasteiger partial charge in [0.05, 0.1) is 12.1 Å². The Balaban J connectivity index is 1.71. The van der Waals surface area contributed by atoms with Crippen LogP contribution >= 0.6 is 11.3 Å². The van der Waals surface area contributed by atoms with E-state index < -0.39 is 0 Å². The van der Waals surface area contributed by atoms with E-state index in [-0.39, 0.29) is 5.91 Å². The standard InChI is InChI=1S/C16H18N6OS/c1-3-21-10-17-18-15(21)14-12-8-22(6-4-13(12)20(2)19-14)16(23)11-5-7-24-9-11/h5,7,9-10H,3-4,6,8H2,1-2H3. The second kappa shape index (κ2) is 5.86. The summed E-state index contributed by atoms with van der Waals surface area (Å²) in [5.41, 5.74) is 3.83. The number of aromatic nitrogens is 5. The van der Waals surface area contributed by atoms with Crippen molar-refractivity contribution in [1.29, 1.82) is 0 Å². The Morgan fingerprint density at radius 1 is 1.42 bits per heavy atom. The van der Waals surface area contributed by atoms with Gasteiger partial charge in [-0.1, -0.05) is 0 Å². The average molecular weight is 342 g/mol. The third-order valence-electron chi connectivity index (χ3n) is 4.47. The summed E-state index contributed by atoms with van der Waals surface area (Å²) < 4.78 is 3.88. The minimum absolute atomic E-state index is 0.0775. The summed E-state index contributed by atoms with van der Waals surface area (Å²) in [5.74, 6) is 0.841. The van der Waals surface area contributed by atoms with Crippen LogP contribution in [0, 0.1) is 0 Å². The molecular weight excluding hydrogens is 324 g/mol. The molecule has 0 atom stereocenters. The van der Waals surface area contributed by atoms with Gasteiger partial charge in [0, 0.05) is 43.2 Å². The Morgan fingerprint density at radius 2 is 2.29 bits per heavy atom. The fourth-order valence-electron chi connectivity index (χ4n) is 3.18. The summed E-state index contributed by atoms with van der Waals surface area (Å²) in [6.07, 6.45) is 2.52. The molecule has 0 unspecified atom stereocenters. The highest BCUT2D eigenvalue weighted by atomic mass is 32.1. The monoisotopic (exact) mass is 342 g/mol. The molecule has 0 radical (unpaired) electrons. The van der Waals surface area contributed by atoms with E-state index in [4.69, 9.17) is 0 Å². The van der Waals surface area contributed by atoms with Crippen molar-refractivity contribution < 1.29 is 4.79 Å². The molecule has 1 aliphatic heterocycles. The van der Waals surface area contributed by atoms with Crippen LogP contribution in [0.5, 0.6) is 0 Å². The number of amides is 1. The molecule has 0 fully saturated rings. The van der Waals surface area contributed by atoms with Gasteiger partial charge in [0.15, 0.2) is 5.82 Å². The van der Waals surface area contributed by atoms with Gasteiger partial charge in [0.1, 0.15) is 12.0 Å². The van der Waals surface area contributed by atoms with E-state index in [0.29, 0.717) is 13.1 Å². The largest absolute Gasteiger partial charge is 0.334 e. The predicted octanol–water partition coefficient (Wildman–Crippen LogP) is 1.96. The number of fused-ring (bicyclic) bond motifs is 1. The van der Waals surface area contributed by atoms with Gasteiger partial charge < -0.3 is 9.47 Å². The van der Waals surface area contributed by atoms with E-state index in [1.54, 1.807) is 17.7 Å². The molecule has 24 heavy (non-hydrogen) atoms. The Hall–Kier alpha value is -2.48. The molecule has 0 bridgehead atoms. The maximum atomic E-state index is 12.7. The lowest BCUT2D eigenvalue weighted by Crippen LogP contribution is -2.36. The van der Waals surface area contributed by atoms with E-state index in [0.717, 1.165) is 35.6 Å². The molecule has 0 saturated heterocycles. The molecule has 8 heteroatoms. The van der Waals surface area contributed by atoms with E-state index in [1.165, 1.54) is 5.69 Å². The Morgan fingerprint density at radius 3 is 3.04 bits per heavy atom. The molecule has 0 N–H and O–H groups in total. The van der Waals surface area contributed by atoms with Crippen LogP contribution in [0.15, 0.2) is 23.2 Å². The van der Waals surface area contributed by atoms with Gasteiger partial charge in [-0.25, -0.2) is 0 Å². The lowest BCUT2D eigenvalue weighted by atomic mass is 10.0. The van der Waals surface area contributed by atoms with Crippen molar-refractivity contribution in [3.8, 4) is 11.5 Å². The first-order valence-corrected chi connectivity index (χ1v) is 8.87. The highest BCUT2D eigenvalue weighted by molar-refractivity contribution is 7.08. The number of hydrogen-bond acceptors (Lipinski definition) is 5. The Bertz CT molecular complexity index is 879. The zero-order valence-corrected chi connectivity index (χ0v) is 14.5. The van der Waals surface area contributed by atoms with Crippen molar-refractivity contribution in [2.45, 2.75) is 26.4 Å². The molecule has 4 rings (SSSR count). The lowest BCUT2D eigenvalue weighted by Gasteiger charge is -2.27. The van der Waals surface area contributed by atoms with Crippen LogP contribution in [0.25, 0.3) is 11.5 Å². The third kappa shape index (κ3) is 2.34. The first-order chi connectivity index (χ1) is 11.7. The van der Waals surface area contributed by atoms with Crippen LogP contribution in [0.2, 0.25) is 0 Å². The summed E-state index contributed by atoms with van der Waals surface area (Å²) in [6.45, 7) is 4.10. The van der Waals surface area contributed by atoms with Crippen LogP contribution < -0.4 is 0 Å². The number of carbonyl (C=O) groups excluding carboxylic acids is 1. The number of hydrogen-bond donors (Lipinski definition) is 0. The minimum atomic E-state index is 0.0775. The van der Waals surface area contributed by atoms with Gasteiger partial charge in [-0.2, -0.15) is 16.4 Å². The van der Waals surface area contributed by atoms with Crippen LogP contribution in [-0.2, 0) is 26.6 Å². The molecule has 7 nitrogen and oxygen atoms in total. The molecular formula is C16H18N6OS. The number of nitrogens with zero attached hydrogens (tertiary/aromatic N) is 6. The fraction of sp³-hybridized carbons (Fsp3) is 0.375. The second-order valence-corrected chi connectivity index (χ2v) is 6.61. The lowest BCUT2D eigenvalue weighted by molar-refractivity contribution is 0.0734. The van der Waals surface area contributed by atoms with E-state index in [9.17, 15) is 4.79 Å². The van der Waals surface area contributed by atoms with Crippen molar-refractivity contribution in [2.24, 2.45) is 7.05 Å². The summed E-state index contributed by atoms with van der Waals surface area (Å²) in [4.78, 5) is 14.6. The van der Waals surface area contributed by atoms with Crippen LogP contribution in [0.4, 0.5) is 0 Å². The van der Waals surface area contributed by atoms with Crippen molar-refractivity contribution in [1.82, 2.24) is 29.4 Å². The number of thiophene rings is 1. The van der Waals surface area contributed by atoms with Crippen molar-refractivity contribution in [3.63, 3.8) is 0 Å². The summed E-state index contributed by atoms with van der Waals surface area (Å²) in [5, 5.41) is 16.7. The highest BCUT2D eigenvalue weighted by Crippen LogP contribution is 2.29. The quantitative estimate of drug-likeness (QED) is 0.730.